The number of aryl methyl sites for hydroxylation is 1. The van der Waals surface area contributed by atoms with Crippen molar-refractivity contribution in [3.05, 3.63) is 118 Å². The maximum atomic E-state index is 13.6. The van der Waals surface area contributed by atoms with Crippen LogP contribution < -0.4 is 14.2 Å². The fraction of sp³-hybridized carbons (Fsp3) is 0.350. The summed E-state index contributed by atoms with van der Waals surface area (Å²) in [4.78, 5) is 48.1. The quantitative estimate of drug-likeness (QED) is 0.0302. The molecule has 2 aliphatic rings. The van der Waals surface area contributed by atoms with Crippen molar-refractivity contribution in [1.82, 2.24) is 5.06 Å². The van der Waals surface area contributed by atoms with Crippen molar-refractivity contribution >= 4 is 65.1 Å². The van der Waals surface area contributed by atoms with Gasteiger partial charge in [0.15, 0.2) is 12.3 Å². The highest BCUT2D eigenvalue weighted by Crippen LogP contribution is 2.48. The first-order valence-corrected chi connectivity index (χ1v) is 23.7. The van der Waals surface area contributed by atoms with Crippen LogP contribution in [0.15, 0.2) is 101 Å². The molecule has 5 rings (SSSR count). The Morgan fingerprint density at radius 1 is 0.889 bits per heavy atom. The van der Waals surface area contributed by atoms with Crippen LogP contribution in [0.3, 0.4) is 0 Å². The third-order valence-corrected chi connectivity index (χ3v) is 12.8. The van der Waals surface area contributed by atoms with Gasteiger partial charge in [0.1, 0.15) is 11.9 Å². The second kappa shape index (κ2) is 18.6. The lowest BCUT2D eigenvalue weighted by molar-refractivity contribution is -0.684. The minimum atomic E-state index is -4.52. The molecule has 0 radical (unpaired) electrons. The number of nitro groups is 1. The molecule has 0 aliphatic carbocycles. The van der Waals surface area contributed by atoms with Crippen LogP contribution in [-0.2, 0) is 57.4 Å². The zero-order valence-electron chi connectivity index (χ0n) is 34.7. The predicted molar refractivity (Wildman–Crippen MR) is 229 cm³/mol. The van der Waals surface area contributed by atoms with Crippen molar-refractivity contribution in [1.29, 1.82) is 0 Å². The molecule has 0 fully saturated rings. The number of hydrogen-bond donors (Lipinski definition) is 3. The van der Waals surface area contributed by atoms with Gasteiger partial charge in [-0.15, -0.1) is 0 Å². The number of hydrogen-bond acceptors (Lipinski definition) is 14. The summed E-state index contributed by atoms with van der Waals surface area (Å²) in [5, 5.41) is 11.7. The Bertz CT molecular complexity index is 2780. The van der Waals surface area contributed by atoms with Gasteiger partial charge in [0.05, 0.1) is 44.4 Å². The second-order valence-corrected chi connectivity index (χ2v) is 20.2. The van der Waals surface area contributed by atoms with Gasteiger partial charge in [-0.1, -0.05) is 32.1 Å². The van der Waals surface area contributed by atoms with E-state index in [0.717, 1.165) is 17.2 Å². The number of non-ortho nitro benzene ring substituents is 1. The van der Waals surface area contributed by atoms with Gasteiger partial charge in [0.25, 0.3) is 41.9 Å². The smallest absolute Gasteiger partial charge is 0.340 e. The molecule has 3 N–H and O–H groups in total. The van der Waals surface area contributed by atoms with Crippen LogP contribution in [-0.4, -0.2) is 98.2 Å². The second-order valence-electron chi connectivity index (χ2n) is 15.6. The van der Waals surface area contributed by atoms with E-state index in [9.17, 15) is 58.6 Å². The average Bonchev–Trinajstić information content (AvgIpc) is 3.56. The monoisotopic (exact) mass is 932 g/mol. The number of aliphatic imine (C=N–C) groups is 1. The third-order valence-electron chi connectivity index (χ3n) is 10.3. The standard InChI is InChI=1S/C40H45N5O15S3/c1-39(2)32-23-27(38(47)42(5)59-26-36(46)60-29-15-13-28(14-16-29)45(48)49)25-43(19-9-21-61(50,51)52)37(32)41-34(39)11-7-6-8-12-35-40(3,4)31-24-30(63(56,57)58)17-18-33(31)44(35)20-10-22-62(53,54)55/h6-8,11-18,23-25H,9-10,19-22,26H2,1-5H3,(H2-,50,51,52,53,54,55,56,57,58)/p+1. The van der Waals surface area contributed by atoms with Gasteiger partial charge in [0.2, 0.25) is 0 Å². The van der Waals surface area contributed by atoms with Crippen molar-refractivity contribution < 1.29 is 67.6 Å². The van der Waals surface area contributed by atoms with E-state index >= 15 is 0 Å². The van der Waals surface area contributed by atoms with E-state index in [1.54, 1.807) is 41.0 Å². The van der Waals surface area contributed by atoms with Gasteiger partial charge in [0, 0.05) is 48.9 Å². The third kappa shape index (κ3) is 11.9. The number of carbonyl (C=O) groups is 2. The minimum absolute atomic E-state index is 0.0216. The van der Waals surface area contributed by atoms with Crippen LogP contribution in [0, 0.1) is 10.1 Å². The van der Waals surface area contributed by atoms with Gasteiger partial charge in [-0.25, -0.2) is 14.4 Å². The molecule has 20 nitrogen and oxygen atoms in total. The summed E-state index contributed by atoms with van der Waals surface area (Å²) in [6.45, 7) is 6.91. The first kappa shape index (κ1) is 48.3. The number of benzene rings is 2. The van der Waals surface area contributed by atoms with Crippen LogP contribution >= 0.6 is 0 Å². The molecule has 3 aromatic rings. The molecular formula is C40H46N5O15S3+. The summed E-state index contributed by atoms with van der Waals surface area (Å²) in [6.07, 6.45) is 10.1. The van der Waals surface area contributed by atoms with Gasteiger partial charge in [-0.05, 0) is 79.4 Å². The van der Waals surface area contributed by atoms with Crippen LogP contribution in [0.1, 0.15) is 62.0 Å². The summed E-state index contributed by atoms with van der Waals surface area (Å²) in [6, 6.07) is 10.5. The number of anilines is 1. The largest absolute Gasteiger partial charge is 0.425 e. The van der Waals surface area contributed by atoms with Gasteiger partial charge in [-0.3, -0.25) is 33.4 Å². The highest BCUT2D eigenvalue weighted by atomic mass is 32.2. The number of fused-ring (bicyclic) bond motifs is 2. The summed E-state index contributed by atoms with van der Waals surface area (Å²) in [5.41, 5.74) is 1.25. The maximum Gasteiger partial charge on any atom is 0.340 e. The average molecular weight is 933 g/mol. The molecule has 2 aromatic carbocycles. The number of carbonyl (C=O) groups excluding carboxylic acids is 2. The molecule has 3 heterocycles. The highest BCUT2D eigenvalue weighted by molar-refractivity contribution is 7.86. The van der Waals surface area contributed by atoms with Gasteiger partial charge in [-0.2, -0.15) is 25.3 Å². The Labute approximate surface area is 364 Å². The summed E-state index contributed by atoms with van der Waals surface area (Å²) in [5.74, 6) is -2.20. The topological polar surface area (TPSA) is 282 Å². The van der Waals surface area contributed by atoms with Gasteiger partial charge < -0.3 is 9.64 Å². The molecule has 0 bridgehead atoms. The molecule has 338 valence electrons. The molecule has 63 heavy (non-hydrogen) atoms. The molecule has 2 aliphatic heterocycles. The molecule has 0 saturated carbocycles. The lowest BCUT2D eigenvalue weighted by Gasteiger charge is -2.27. The van der Waals surface area contributed by atoms with E-state index in [0.29, 0.717) is 34.0 Å². The van der Waals surface area contributed by atoms with Crippen molar-refractivity contribution in [3.63, 3.8) is 0 Å². The first-order chi connectivity index (χ1) is 29.2. The summed E-state index contributed by atoms with van der Waals surface area (Å²) >= 11 is 0. The lowest BCUT2D eigenvalue weighted by atomic mass is 9.81. The fourth-order valence-corrected chi connectivity index (χ4v) is 8.57. The molecule has 0 saturated heterocycles. The SMILES string of the molecule is CN(OCC(=O)Oc1ccc([N+](=O)[O-])cc1)C(=O)c1cc2c([n+](CCCS(=O)(=O)O)c1)N=C(/C=C/C=C/C=C1/N(CCCS(=O)(=O)O)c3ccc(S(=O)(=O)O)cc3C1(C)C)C2(C)C. The summed E-state index contributed by atoms with van der Waals surface area (Å²) < 4.78 is 105. The highest BCUT2D eigenvalue weighted by Gasteiger charge is 2.44. The van der Waals surface area contributed by atoms with E-state index in [-0.39, 0.29) is 47.8 Å². The number of amides is 1. The Balaban J connectivity index is 1.37. The van der Waals surface area contributed by atoms with Gasteiger partial charge >= 0.3 is 11.8 Å². The van der Waals surface area contributed by atoms with Crippen LogP contribution in [0.4, 0.5) is 17.2 Å². The van der Waals surface area contributed by atoms with Crippen LogP contribution in [0.25, 0.3) is 0 Å². The summed E-state index contributed by atoms with van der Waals surface area (Å²) in [7, 11) is -11.8. The van der Waals surface area contributed by atoms with Crippen molar-refractivity contribution in [2.45, 2.75) is 62.8 Å². The zero-order chi connectivity index (χ0) is 46.7. The molecule has 0 atom stereocenters. The van der Waals surface area contributed by atoms with E-state index in [4.69, 9.17) is 14.6 Å². The van der Waals surface area contributed by atoms with E-state index < -0.39 is 76.1 Å². The Morgan fingerprint density at radius 2 is 1.54 bits per heavy atom. The van der Waals surface area contributed by atoms with Crippen molar-refractivity contribution in [2.75, 3.05) is 36.6 Å². The molecule has 0 spiro atoms. The fourth-order valence-electron chi connectivity index (χ4n) is 7.07. The molecule has 1 amide bonds. The van der Waals surface area contributed by atoms with E-state index in [1.807, 2.05) is 32.6 Å². The van der Waals surface area contributed by atoms with Crippen LogP contribution in [0.5, 0.6) is 5.75 Å². The number of allylic oxidation sites excluding steroid dienone is 6. The minimum Gasteiger partial charge on any atom is -0.425 e. The normalized spacial score (nSPS) is 16.3. The predicted octanol–water partition coefficient (Wildman–Crippen LogP) is 4.45. The number of nitrogens with zero attached hydrogens (tertiary/aromatic N) is 5. The number of aromatic nitrogens is 1. The number of nitro benzene ring substituents is 1. The molecule has 23 heteroatoms. The van der Waals surface area contributed by atoms with E-state index in [2.05, 4.69) is 0 Å². The zero-order valence-corrected chi connectivity index (χ0v) is 37.2. The Kier molecular flexibility index (Phi) is 14.3. The number of hydroxylamine groups is 2. The number of pyridine rings is 1. The van der Waals surface area contributed by atoms with Crippen molar-refractivity contribution in [3.8, 4) is 5.75 Å². The Morgan fingerprint density at radius 3 is 2.16 bits per heavy atom. The molecule has 0 unspecified atom stereocenters. The van der Waals surface area contributed by atoms with E-state index in [1.165, 1.54) is 43.6 Å². The molecule has 1 aromatic heterocycles. The van der Waals surface area contributed by atoms with Crippen LogP contribution in [0.2, 0.25) is 0 Å². The lowest BCUT2D eigenvalue weighted by Crippen LogP contribution is -2.39. The Hall–Kier alpha value is -5.69. The number of ether oxygens (including phenoxy) is 1. The number of rotatable bonds is 18. The van der Waals surface area contributed by atoms with Crippen molar-refractivity contribution in [2.24, 2.45) is 4.99 Å². The maximum absolute atomic E-state index is 13.6. The molecular weight excluding hydrogens is 887 g/mol. The number of esters is 1. The first-order valence-electron chi connectivity index (χ1n) is 19.1.